The van der Waals surface area contributed by atoms with E-state index in [1.165, 1.54) is 12.1 Å². The van der Waals surface area contributed by atoms with E-state index in [1.54, 1.807) is 30.3 Å². The van der Waals surface area contributed by atoms with Gasteiger partial charge in [0.1, 0.15) is 5.82 Å². The first-order valence-corrected chi connectivity index (χ1v) is 7.74. The van der Waals surface area contributed by atoms with Crippen LogP contribution >= 0.6 is 0 Å². The van der Waals surface area contributed by atoms with Gasteiger partial charge < -0.3 is 16.4 Å². The van der Waals surface area contributed by atoms with Crippen LogP contribution < -0.4 is 16.4 Å². The molecule has 5 nitrogen and oxygen atoms in total. The Kier molecular flexibility index (Phi) is 4.46. The highest BCUT2D eigenvalue weighted by Gasteiger charge is 2.24. The van der Waals surface area contributed by atoms with E-state index in [2.05, 4.69) is 10.6 Å². The van der Waals surface area contributed by atoms with Crippen molar-refractivity contribution in [3.05, 3.63) is 70.5 Å². The Morgan fingerprint density at radius 2 is 1.92 bits per heavy atom. The van der Waals surface area contributed by atoms with Crippen molar-refractivity contribution in [1.29, 1.82) is 0 Å². The third-order valence-electron chi connectivity index (χ3n) is 4.17. The zero-order chi connectivity index (χ0) is 17.1. The number of benzene rings is 2. The Morgan fingerprint density at radius 3 is 2.62 bits per heavy atom. The summed E-state index contributed by atoms with van der Waals surface area (Å²) in [6, 6.07) is 10.8. The van der Waals surface area contributed by atoms with Gasteiger partial charge in [0.05, 0.1) is 6.04 Å². The molecule has 24 heavy (non-hydrogen) atoms. The maximum absolute atomic E-state index is 13.4. The Hall–Kier alpha value is -2.89. The maximum Gasteiger partial charge on any atom is 0.312 e. The average molecular weight is 327 g/mol. The number of carbonyl (C=O) groups is 2. The van der Waals surface area contributed by atoms with Gasteiger partial charge in [-0.2, -0.15) is 0 Å². The molecule has 1 aliphatic carbocycles. The van der Waals surface area contributed by atoms with Crippen LogP contribution in [0.25, 0.3) is 0 Å². The lowest BCUT2D eigenvalue weighted by Crippen LogP contribution is -2.29. The number of primary amides is 1. The lowest BCUT2D eigenvalue weighted by molar-refractivity contribution is 0.0936. The number of amides is 3. The van der Waals surface area contributed by atoms with Crippen molar-refractivity contribution < 1.29 is 14.0 Å². The van der Waals surface area contributed by atoms with Crippen molar-refractivity contribution in [1.82, 2.24) is 10.6 Å². The van der Waals surface area contributed by atoms with Gasteiger partial charge in [0.2, 0.25) is 0 Å². The number of nitrogens with one attached hydrogen (secondary N) is 2. The van der Waals surface area contributed by atoms with Crippen LogP contribution in [0.4, 0.5) is 9.18 Å². The standard InChI is InChI=1S/C18H18FN3O2/c19-14-7-5-12-6-8-16(15(12)9-14)22-17(23)13-3-1-11(2-4-13)10-21-18(20)24/h1-5,7,9,16H,6,8,10H2,(H,22,23)(H3,20,21,24)/t16-/m0/s1. The molecule has 0 fully saturated rings. The lowest BCUT2D eigenvalue weighted by atomic mass is 10.1. The Balaban J connectivity index is 1.66. The molecule has 1 aliphatic rings. The van der Waals surface area contributed by atoms with Crippen LogP contribution in [0.5, 0.6) is 0 Å². The van der Waals surface area contributed by atoms with Crippen LogP contribution in [0, 0.1) is 5.82 Å². The number of halogens is 1. The van der Waals surface area contributed by atoms with Crippen LogP contribution in [0.1, 0.15) is 39.5 Å². The van der Waals surface area contributed by atoms with Gasteiger partial charge in [-0.15, -0.1) is 0 Å². The van der Waals surface area contributed by atoms with Crippen LogP contribution in [-0.2, 0) is 13.0 Å². The fourth-order valence-electron chi connectivity index (χ4n) is 2.93. The third-order valence-corrected chi connectivity index (χ3v) is 4.17. The van der Waals surface area contributed by atoms with Gasteiger partial charge in [-0.1, -0.05) is 18.2 Å². The van der Waals surface area contributed by atoms with E-state index in [1.807, 2.05) is 0 Å². The minimum absolute atomic E-state index is 0.167. The van der Waals surface area contributed by atoms with E-state index in [4.69, 9.17) is 5.73 Å². The predicted molar refractivity (Wildman–Crippen MR) is 87.8 cm³/mol. The highest BCUT2D eigenvalue weighted by Crippen LogP contribution is 2.31. The molecule has 3 rings (SSSR count). The first-order valence-electron chi connectivity index (χ1n) is 7.74. The molecule has 2 aromatic rings. The van der Waals surface area contributed by atoms with E-state index in [-0.39, 0.29) is 17.8 Å². The number of aryl methyl sites for hydroxylation is 1. The molecule has 3 amide bonds. The largest absolute Gasteiger partial charge is 0.352 e. The van der Waals surface area contributed by atoms with E-state index in [0.29, 0.717) is 12.1 Å². The quantitative estimate of drug-likeness (QED) is 0.806. The van der Waals surface area contributed by atoms with Gasteiger partial charge in [-0.05, 0) is 53.8 Å². The molecule has 124 valence electrons. The van der Waals surface area contributed by atoms with Crippen molar-refractivity contribution in [2.75, 3.05) is 0 Å². The molecule has 6 heteroatoms. The number of carbonyl (C=O) groups excluding carboxylic acids is 2. The molecule has 0 unspecified atom stereocenters. The van der Waals surface area contributed by atoms with Crippen molar-refractivity contribution >= 4 is 11.9 Å². The number of hydrogen-bond donors (Lipinski definition) is 3. The molecule has 0 bridgehead atoms. The number of fused-ring (bicyclic) bond motifs is 1. The smallest absolute Gasteiger partial charge is 0.312 e. The number of hydrogen-bond acceptors (Lipinski definition) is 2. The lowest BCUT2D eigenvalue weighted by Gasteiger charge is -2.14. The number of nitrogens with two attached hydrogens (primary N) is 1. The maximum atomic E-state index is 13.4. The van der Waals surface area contributed by atoms with Crippen molar-refractivity contribution in [3.63, 3.8) is 0 Å². The zero-order valence-corrected chi connectivity index (χ0v) is 13.0. The molecular formula is C18H18FN3O2. The summed E-state index contributed by atoms with van der Waals surface area (Å²) in [7, 11) is 0. The summed E-state index contributed by atoms with van der Waals surface area (Å²) in [5.41, 5.74) is 8.31. The predicted octanol–water partition coefficient (Wildman–Crippen LogP) is 2.41. The SMILES string of the molecule is NC(=O)NCc1ccc(C(=O)N[C@H]2CCc3ccc(F)cc32)cc1. The van der Waals surface area contributed by atoms with E-state index < -0.39 is 6.03 Å². The van der Waals surface area contributed by atoms with Gasteiger partial charge >= 0.3 is 6.03 Å². The summed E-state index contributed by atoms with van der Waals surface area (Å²) in [6.45, 7) is 0.312. The third kappa shape index (κ3) is 3.53. The summed E-state index contributed by atoms with van der Waals surface area (Å²) < 4.78 is 13.4. The van der Waals surface area contributed by atoms with E-state index >= 15 is 0 Å². The second-order valence-electron chi connectivity index (χ2n) is 5.82. The Morgan fingerprint density at radius 1 is 1.17 bits per heavy atom. The molecule has 1 atom stereocenters. The topological polar surface area (TPSA) is 84.2 Å². The summed E-state index contributed by atoms with van der Waals surface area (Å²) in [4.78, 5) is 23.1. The molecule has 0 saturated heterocycles. The second-order valence-corrected chi connectivity index (χ2v) is 5.82. The van der Waals surface area contributed by atoms with Crippen molar-refractivity contribution in [2.45, 2.75) is 25.4 Å². The summed E-state index contributed by atoms with van der Waals surface area (Å²) in [6.07, 6.45) is 1.60. The van der Waals surface area contributed by atoms with Gasteiger partial charge in [0.15, 0.2) is 0 Å². The van der Waals surface area contributed by atoms with Crippen LogP contribution in [0.3, 0.4) is 0 Å². The molecule has 4 N–H and O–H groups in total. The van der Waals surface area contributed by atoms with E-state index in [0.717, 1.165) is 29.5 Å². The number of rotatable bonds is 4. The summed E-state index contributed by atoms with van der Waals surface area (Å²) in [5.74, 6) is -0.493. The fraction of sp³-hybridized carbons (Fsp3) is 0.222. The van der Waals surface area contributed by atoms with Gasteiger partial charge in [-0.25, -0.2) is 9.18 Å². The number of urea groups is 1. The van der Waals surface area contributed by atoms with Crippen LogP contribution in [0.2, 0.25) is 0 Å². The molecule has 0 heterocycles. The molecule has 2 aromatic carbocycles. The molecule has 0 saturated carbocycles. The van der Waals surface area contributed by atoms with Crippen molar-refractivity contribution in [2.24, 2.45) is 5.73 Å². The second kappa shape index (κ2) is 6.70. The molecule has 0 aromatic heterocycles. The Labute approximate surface area is 139 Å². The molecule has 0 radical (unpaired) electrons. The Bertz CT molecular complexity index is 774. The average Bonchev–Trinajstić information content (AvgIpc) is 2.95. The first kappa shape index (κ1) is 16.0. The van der Waals surface area contributed by atoms with Gasteiger partial charge in [0, 0.05) is 12.1 Å². The highest BCUT2D eigenvalue weighted by molar-refractivity contribution is 5.94. The van der Waals surface area contributed by atoms with E-state index in [9.17, 15) is 14.0 Å². The van der Waals surface area contributed by atoms with Gasteiger partial charge in [-0.3, -0.25) is 4.79 Å². The molecule has 0 spiro atoms. The summed E-state index contributed by atoms with van der Waals surface area (Å²) in [5, 5.41) is 5.44. The first-order chi connectivity index (χ1) is 11.5. The normalized spacial score (nSPS) is 15.6. The van der Waals surface area contributed by atoms with Gasteiger partial charge in [0.25, 0.3) is 5.91 Å². The summed E-state index contributed by atoms with van der Waals surface area (Å²) >= 11 is 0. The zero-order valence-electron chi connectivity index (χ0n) is 13.0. The van der Waals surface area contributed by atoms with Crippen LogP contribution in [0.15, 0.2) is 42.5 Å². The monoisotopic (exact) mass is 327 g/mol. The fourth-order valence-corrected chi connectivity index (χ4v) is 2.93. The molecule has 0 aliphatic heterocycles. The highest BCUT2D eigenvalue weighted by atomic mass is 19.1. The minimum Gasteiger partial charge on any atom is -0.352 e. The van der Waals surface area contributed by atoms with Crippen molar-refractivity contribution in [3.8, 4) is 0 Å². The minimum atomic E-state index is -0.594. The molecular weight excluding hydrogens is 309 g/mol. The van der Waals surface area contributed by atoms with Crippen LogP contribution in [-0.4, -0.2) is 11.9 Å².